The Morgan fingerprint density at radius 2 is 1.89 bits per heavy atom. The summed E-state index contributed by atoms with van der Waals surface area (Å²) < 4.78 is 18.8. The number of methoxy groups -OCH3 is 1. The maximum atomic E-state index is 13.7. The zero-order chi connectivity index (χ0) is 13.1. The van der Waals surface area contributed by atoms with Crippen LogP contribution in [0.2, 0.25) is 5.02 Å². The van der Waals surface area contributed by atoms with Crippen LogP contribution in [0.3, 0.4) is 0 Å². The van der Waals surface area contributed by atoms with Crippen LogP contribution < -0.4 is 4.74 Å². The van der Waals surface area contributed by atoms with E-state index in [0.29, 0.717) is 5.75 Å². The van der Waals surface area contributed by atoms with Gasteiger partial charge in [-0.3, -0.25) is 4.79 Å². The predicted molar refractivity (Wildman–Crippen MR) is 67.8 cm³/mol. The molecule has 2 aromatic rings. The lowest BCUT2D eigenvalue weighted by atomic mass is 10.0. The highest BCUT2D eigenvalue weighted by molar-refractivity contribution is 6.35. The zero-order valence-electron chi connectivity index (χ0n) is 9.61. The number of carbonyl (C=O) groups excluding carboxylic acids is 1. The minimum absolute atomic E-state index is 0.0888. The Labute approximate surface area is 109 Å². The van der Waals surface area contributed by atoms with E-state index >= 15 is 0 Å². The van der Waals surface area contributed by atoms with Crippen LogP contribution in [0.15, 0.2) is 42.5 Å². The molecule has 2 rings (SSSR count). The molecule has 2 aromatic carbocycles. The Morgan fingerprint density at radius 3 is 2.56 bits per heavy atom. The highest BCUT2D eigenvalue weighted by Crippen LogP contribution is 2.26. The van der Waals surface area contributed by atoms with Crippen molar-refractivity contribution in [2.45, 2.75) is 0 Å². The summed E-state index contributed by atoms with van der Waals surface area (Å²) in [6.07, 6.45) is 0. The first kappa shape index (κ1) is 12.6. The van der Waals surface area contributed by atoms with Gasteiger partial charge in [0.05, 0.1) is 23.3 Å². The number of ketones is 1. The van der Waals surface area contributed by atoms with Crippen LogP contribution in [0, 0.1) is 5.82 Å². The van der Waals surface area contributed by atoms with Crippen molar-refractivity contribution in [3.8, 4) is 5.75 Å². The van der Waals surface area contributed by atoms with E-state index in [4.69, 9.17) is 16.3 Å². The monoisotopic (exact) mass is 264 g/mol. The van der Waals surface area contributed by atoms with Crippen molar-refractivity contribution in [3.05, 3.63) is 64.4 Å². The van der Waals surface area contributed by atoms with Gasteiger partial charge in [-0.25, -0.2) is 4.39 Å². The third-order valence-electron chi connectivity index (χ3n) is 2.54. The lowest BCUT2D eigenvalue weighted by molar-refractivity contribution is 0.103. The average molecular weight is 265 g/mol. The van der Waals surface area contributed by atoms with Gasteiger partial charge in [0, 0.05) is 0 Å². The zero-order valence-corrected chi connectivity index (χ0v) is 10.4. The predicted octanol–water partition coefficient (Wildman–Crippen LogP) is 3.72. The molecule has 0 aliphatic carbocycles. The smallest absolute Gasteiger partial charge is 0.201 e. The van der Waals surface area contributed by atoms with Crippen LogP contribution in [0.4, 0.5) is 4.39 Å². The van der Waals surface area contributed by atoms with Crippen LogP contribution in [0.25, 0.3) is 0 Å². The van der Waals surface area contributed by atoms with Gasteiger partial charge in [0.2, 0.25) is 5.78 Å². The molecule has 0 unspecified atom stereocenters. The van der Waals surface area contributed by atoms with Gasteiger partial charge in [-0.15, -0.1) is 0 Å². The maximum Gasteiger partial charge on any atom is 0.201 e. The largest absolute Gasteiger partial charge is 0.496 e. The molecular formula is C14H10ClFO2. The fraction of sp³-hybridized carbons (Fsp3) is 0.0714. The van der Waals surface area contributed by atoms with E-state index in [0.717, 1.165) is 0 Å². The molecule has 0 radical (unpaired) electrons. The molecule has 0 fully saturated rings. The van der Waals surface area contributed by atoms with E-state index in [2.05, 4.69) is 0 Å². The second-order valence-electron chi connectivity index (χ2n) is 3.63. The van der Waals surface area contributed by atoms with Crippen molar-refractivity contribution in [3.63, 3.8) is 0 Å². The third kappa shape index (κ3) is 2.22. The summed E-state index contributed by atoms with van der Waals surface area (Å²) in [6.45, 7) is 0. The summed E-state index contributed by atoms with van der Waals surface area (Å²) in [4.78, 5) is 12.3. The molecule has 0 amide bonds. The van der Waals surface area contributed by atoms with Crippen molar-refractivity contribution in [2.24, 2.45) is 0 Å². The Hall–Kier alpha value is -1.87. The van der Waals surface area contributed by atoms with Gasteiger partial charge in [0.25, 0.3) is 0 Å². The molecule has 0 atom stereocenters. The lowest BCUT2D eigenvalue weighted by Crippen LogP contribution is -2.07. The SMILES string of the molecule is COc1ccccc1C(=O)c1c(F)cccc1Cl. The number of hydrogen-bond donors (Lipinski definition) is 0. The van der Waals surface area contributed by atoms with Crippen LogP contribution in [0.5, 0.6) is 5.75 Å². The van der Waals surface area contributed by atoms with Crippen molar-refractivity contribution >= 4 is 17.4 Å². The number of carbonyl (C=O) groups is 1. The Kier molecular flexibility index (Phi) is 3.63. The van der Waals surface area contributed by atoms with E-state index in [1.807, 2.05) is 0 Å². The van der Waals surface area contributed by atoms with Gasteiger partial charge >= 0.3 is 0 Å². The summed E-state index contributed by atoms with van der Waals surface area (Å²) >= 11 is 5.87. The second-order valence-corrected chi connectivity index (χ2v) is 4.03. The summed E-state index contributed by atoms with van der Waals surface area (Å²) in [6, 6.07) is 10.8. The number of rotatable bonds is 3. The van der Waals surface area contributed by atoms with Crippen LogP contribution in [-0.4, -0.2) is 12.9 Å². The van der Waals surface area contributed by atoms with E-state index in [9.17, 15) is 9.18 Å². The molecule has 0 saturated carbocycles. The van der Waals surface area contributed by atoms with Gasteiger partial charge < -0.3 is 4.74 Å². The van der Waals surface area contributed by atoms with Gasteiger partial charge in [-0.05, 0) is 24.3 Å². The molecule has 0 aromatic heterocycles. The molecule has 2 nitrogen and oxygen atoms in total. The second kappa shape index (κ2) is 5.19. The summed E-state index contributed by atoms with van der Waals surface area (Å²) in [5.74, 6) is -0.740. The highest BCUT2D eigenvalue weighted by Gasteiger charge is 2.20. The van der Waals surface area contributed by atoms with Crippen molar-refractivity contribution < 1.29 is 13.9 Å². The first-order valence-electron chi connectivity index (χ1n) is 5.27. The number of halogens is 2. The minimum atomic E-state index is -0.640. The minimum Gasteiger partial charge on any atom is -0.496 e. The highest BCUT2D eigenvalue weighted by atomic mass is 35.5. The van der Waals surface area contributed by atoms with Crippen LogP contribution >= 0.6 is 11.6 Å². The molecule has 0 aliphatic heterocycles. The van der Waals surface area contributed by atoms with Crippen molar-refractivity contribution in [1.29, 1.82) is 0 Å². The number of hydrogen-bond acceptors (Lipinski definition) is 2. The summed E-state index contributed by atoms with van der Waals surface area (Å²) in [7, 11) is 1.45. The maximum absolute atomic E-state index is 13.7. The molecule has 4 heteroatoms. The summed E-state index contributed by atoms with van der Waals surface area (Å²) in [5.41, 5.74) is 0.149. The Bertz CT molecular complexity index is 576. The van der Waals surface area contributed by atoms with Gasteiger partial charge in [0.1, 0.15) is 11.6 Å². The van der Waals surface area contributed by atoms with E-state index in [1.165, 1.54) is 25.3 Å². The molecule has 0 heterocycles. The van der Waals surface area contributed by atoms with Crippen LogP contribution in [-0.2, 0) is 0 Å². The first-order chi connectivity index (χ1) is 8.65. The molecular weight excluding hydrogens is 255 g/mol. The fourth-order valence-corrected chi connectivity index (χ4v) is 1.93. The molecule has 92 valence electrons. The average Bonchev–Trinajstić information content (AvgIpc) is 2.38. The molecule has 0 spiro atoms. The Balaban J connectivity index is 2.55. The number of benzene rings is 2. The normalized spacial score (nSPS) is 10.2. The van der Waals surface area contributed by atoms with Gasteiger partial charge in [-0.1, -0.05) is 29.8 Å². The molecule has 0 saturated heterocycles. The third-order valence-corrected chi connectivity index (χ3v) is 2.86. The Morgan fingerprint density at radius 1 is 1.17 bits per heavy atom. The quantitative estimate of drug-likeness (QED) is 0.790. The van der Waals surface area contributed by atoms with E-state index < -0.39 is 11.6 Å². The molecule has 18 heavy (non-hydrogen) atoms. The standard InChI is InChI=1S/C14H10ClFO2/c1-18-12-8-3-2-5-9(12)14(17)13-10(15)6-4-7-11(13)16/h2-8H,1H3. The van der Waals surface area contributed by atoms with Crippen LogP contribution in [0.1, 0.15) is 15.9 Å². The summed E-state index contributed by atoms with van der Waals surface area (Å²) in [5, 5.41) is 0.0888. The first-order valence-corrected chi connectivity index (χ1v) is 5.64. The van der Waals surface area contributed by atoms with Gasteiger partial charge in [-0.2, -0.15) is 0 Å². The number of ether oxygens (including phenoxy) is 1. The molecule has 0 N–H and O–H groups in total. The topological polar surface area (TPSA) is 26.3 Å². The van der Waals surface area contributed by atoms with Gasteiger partial charge in [0.15, 0.2) is 0 Å². The van der Waals surface area contributed by atoms with E-state index in [-0.39, 0.29) is 16.1 Å². The molecule has 0 bridgehead atoms. The number of para-hydroxylation sites is 1. The fourth-order valence-electron chi connectivity index (χ4n) is 1.68. The molecule has 0 aliphatic rings. The lowest BCUT2D eigenvalue weighted by Gasteiger charge is -2.08. The van der Waals surface area contributed by atoms with Crippen molar-refractivity contribution in [1.82, 2.24) is 0 Å². The van der Waals surface area contributed by atoms with E-state index in [1.54, 1.807) is 24.3 Å². The van der Waals surface area contributed by atoms with Crippen molar-refractivity contribution in [2.75, 3.05) is 7.11 Å².